The van der Waals surface area contributed by atoms with E-state index in [1.54, 1.807) is 0 Å². The maximum Gasteiger partial charge on any atom is 0.0724 e. The van der Waals surface area contributed by atoms with E-state index in [2.05, 4.69) is 272 Å². The molecule has 11 aromatic carbocycles. The molecule has 0 spiro atoms. The maximum absolute atomic E-state index is 4.44. The lowest BCUT2D eigenvalue weighted by molar-refractivity contribution is 1.15. The van der Waals surface area contributed by atoms with Crippen molar-refractivity contribution in [2.45, 2.75) is 0 Å². The van der Waals surface area contributed by atoms with Crippen molar-refractivity contribution in [3.8, 4) is 5.69 Å². The first-order valence-corrected chi connectivity index (χ1v) is 27.7. The van der Waals surface area contributed by atoms with E-state index in [1.807, 2.05) is 35.1 Å². The molecule has 360 valence electrons. The van der Waals surface area contributed by atoms with Crippen LogP contribution in [0.25, 0.3) is 78.6 Å². The summed E-state index contributed by atoms with van der Waals surface area (Å²) in [5.74, 6) is 0. The summed E-state index contributed by atoms with van der Waals surface area (Å²) in [5.41, 5.74) is 16.8. The number of thiophene rings is 2. The SMILES string of the molecule is c1ccc2c(c1)N(c1cccc3c(N4c5ccccc5N(c5cccc6c5sc5ccccc56)c5cc6c7ccccc7n(-c7ccncc7)c6cc54)cccc13)c1ccccc1N2c1cccc2c1sc1ccccc12. The van der Waals surface area contributed by atoms with Crippen LogP contribution in [0.3, 0.4) is 0 Å². The van der Waals surface area contributed by atoms with E-state index in [1.165, 1.54) is 56.8 Å². The summed E-state index contributed by atoms with van der Waals surface area (Å²) in [5, 5.41) is 9.80. The molecule has 77 heavy (non-hydrogen) atoms. The van der Waals surface area contributed by atoms with Crippen molar-refractivity contribution in [1.82, 2.24) is 9.55 Å². The predicted octanol–water partition coefficient (Wildman–Crippen LogP) is 20.6. The van der Waals surface area contributed by atoms with Crippen molar-refractivity contribution in [3.63, 3.8) is 0 Å². The Morgan fingerprint density at radius 2 is 0.610 bits per heavy atom. The van der Waals surface area contributed by atoms with Gasteiger partial charge in [0.05, 0.1) is 88.7 Å². The summed E-state index contributed by atoms with van der Waals surface area (Å²) in [6, 6.07) is 89.6. The molecule has 0 aliphatic carbocycles. The first-order valence-electron chi connectivity index (χ1n) is 26.0. The van der Waals surface area contributed by atoms with Gasteiger partial charge in [-0.3, -0.25) is 4.98 Å². The van der Waals surface area contributed by atoms with E-state index in [0.29, 0.717) is 0 Å². The predicted molar refractivity (Wildman–Crippen MR) is 328 cm³/mol. The van der Waals surface area contributed by atoms with Gasteiger partial charge < -0.3 is 24.2 Å². The van der Waals surface area contributed by atoms with Crippen LogP contribution in [-0.2, 0) is 0 Å². The normalized spacial score (nSPS) is 13.1. The number of fused-ring (bicyclic) bond motifs is 14. The van der Waals surface area contributed by atoms with E-state index >= 15 is 0 Å². The molecule has 0 radical (unpaired) electrons. The minimum atomic E-state index is 1.07. The maximum atomic E-state index is 4.44. The van der Waals surface area contributed by atoms with Gasteiger partial charge in [-0.1, -0.05) is 140 Å². The van der Waals surface area contributed by atoms with Crippen LogP contribution in [0.4, 0.5) is 68.2 Å². The van der Waals surface area contributed by atoms with Crippen LogP contribution in [0.2, 0.25) is 0 Å². The fourth-order valence-electron chi connectivity index (χ4n) is 12.7. The standard InChI is InChI=1S/C69H42N6S2/c1-4-24-52-46(17-1)51-41-64-65(42-63(51)71(52)43-37-39-70-40-38-43)73(57-27-7-10-30-60(57)75(64)62-34-16-23-50-48-19-3-12-36-67(48)77-69(50)62)54-32-14-20-44-45(54)21-13-31-53(44)72-55-25-5-8-28-58(55)74(59-29-9-6-26-56(59)72)61-33-15-22-49-47-18-2-11-35-66(47)76-68(49)61/h1-42H. The van der Waals surface area contributed by atoms with E-state index in [0.717, 1.165) is 90.1 Å². The van der Waals surface area contributed by atoms with Crippen molar-refractivity contribution in [2.75, 3.05) is 19.6 Å². The largest absolute Gasteiger partial charge is 0.309 e. The molecule has 15 aromatic rings. The van der Waals surface area contributed by atoms with Crippen LogP contribution in [0.1, 0.15) is 0 Å². The fourth-order valence-corrected chi connectivity index (χ4v) is 15.1. The molecule has 0 amide bonds. The molecule has 0 saturated carbocycles. The minimum Gasteiger partial charge on any atom is -0.309 e. The Hall–Kier alpha value is -9.73. The Morgan fingerprint density at radius 3 is 1.13 bits per heavy atom. The van der Waals surface area contributed by atoms with Crippen molar-refractivity contribution < 1.29 is 0 Å². The second-order valence-electron chi connectivity index (χ2n) is 19.9. The minimum absolute atomic E-state index is 1.07. The van der Waals surface area contributed by atoms with Crippen molar-refractivity contribution in [3.05, 3.63) is 255 Å². The van der Waals surface area contributed by atoms with Crippen LogP contribution in [0.5, 0.6) is 0 Å². The van der Waals surface area contributed by atoms with Gasteiger partial charge in [-0.05, 0) is 103 Å². The van der Waals surface area contributed by atoms with Crippen LogP contribution in [-0.4, -0.2) is 9.55 Å². The molecule has 4 aromatic heterocycles. The molecule has 2 aliphatic heterocycles. The Labute approximate surface area is 451 Å². The molecular formula is C69H42N6S2. The number of para-hydroxylation sites is 7. The molecule has 0 atom stereocenters. The molecule has 0 saturated heterocycles. The van der Waals surface area contributed by atoms with E-state index in [9.17, 15) is 0 Å². The van der Waals surface area contributed by atoms with Crippen molar-refractivity contribution >= 4 is 164 Å². The fraction of sp³-hybridized carbons (Fsp3) is 0. The first-order chi connectivity index (χ1) is 38.2. The Kier molecular flexibility index (Phi) is 9.07. The smallest absolute Gasteiger partial charge is 0.0724 e. The number of aromatic nitrogens is 2. The lowest BCUT2D eigenvalue weighted by atomic mass is 9.98. The zero-order valence-corrected chi connectivity index (χ0v) is 42.9. The Morgan fingerprint density at radius 1 is 0.247 bits per heavy atom. The van der Waals surface area contributed by atoms with Gasteiger partial charge in [0.2, 0.25) is 0 Å². The third-order valence-corrected chi connectivity index (χ3v) is 18.3. The van der Waals surface area contributed by atoms with E-state index in [-0.39, 0.29) is 0 Å². The topological polar surface area (TPSA) is 30.8 Å². The number of nitrogens with zero attached hydrogens (tertiary/aromatic N) is 6. The van der Waals surface area contributed by atoms with Crippen LogP contribution in [0.15, 0.2) is 255 Å². The number of pyridine rings is 1. The molecule has 8 heteroatoms. The van der Waals surface area contributed by atoms with E-state index in [4.69, 9.17) is 0 Å². The summed E-state index contributed by atoms with van der Waals surface area (Å²) in [6.07, 6.45) is 3.78. The molecule has 0 N–H and O–H groups in total. The lowest BCUT2D eigenvalue weighted by Crippen LogP contribution is -2.25. The molecular weight excluding hydrogens is 977 g/mol. The Balaban J connectivity index is 0.908. The average molecular weight is 1020 g/mol. The summed E-state index contributed by atoms with van der Waals surface area (Å²) in [7, 11) is 0. The van der Waals surface area contributed by atoms with Gasteiger partial charge in [-0.15, -0.1) is 22.7 Å². The van der Waals surface area contributed by atoms with Crippen LogP contribution < -0.4 is 19.6 Å². The van der Waals surface area contributed by atoms with E-state index < -0.39 is 0 Å². The zero-order chi connectivity index (χ0) is 50.3. The van der Waals surface area contributed by atoms with Crippen LogP contribution in [0, 0.1) is 0 Å². The monoisotopic (exact) mass is 1020 g/mol. The molecule has 0 bridgehead atoms. The average Bonchev–Trinajstić information content (AvgIpc) is 4.32. The molecule has 2 aliphatic rings. The second-order valence-corrected chi connectivity index (χ2v) is 22.0. The quantitative estimate of drug-likeness (QED) is 0.171. The van der Waals surface area contributed by atoms with Gasteiger partial charge in [-0.2, -0.15) is 0 Å². The molecule has 0 unspecified atom stereocenters. The Bertz CT molecular complexity index is 4890. The number of rotatable bonds is 5. The van der Waals surface area contributed by atoms with Gasteiger partial charge in [0.15, 0.2) is 0 Å². The molecule has 6 nitrogen and oxygen atoms in total. The van der Waals surface area contributed by atoms with Crippen molar-refractivity contribution in [2.24, 2.45) is 0 Å². The van der Waals surface area contributed by atoms with Gasteiger partial charge in [0, 0.05) is 70.6 Å². The van der Waals surface area contributed by atoms with Crippen LogP contribution >= 0.6 is 22.7 Å². The third kappa shape index (κ3) is 6.08. The zero-order valence-electron chi connectivity index (χ0n) is 41.2. The summed E-state index contributed by atoms with van der Waals surface area (Å²) in [6.45, 7) is 0. The van der Waals surface area contributed by atoms with Gasteiger partial charge in [0.25, 0.3) is 0 Å². The van der Waals surface area contributed by atoms with Crippen molar-refractivity contribution in [1.29, 1.82) is 0 Å². The molecule has 0 fully saturated rings. The highest BCUT2D eigenvalue weighted by atomic mass is 32.1. The van der Waals surface area contributed by atoms with Gasteiger partial charge in [0.1, 0.15) is 0 Å². The first kappa shape index (κ1) is 42.6. The highest BCUT2D eigenvalue weighted by molar-refractivity contribution is 7.26. The lowest BCUT2D eigenvalue weighted by Gasteiger charge is -2.42. The summed E-state index contributed by atoms with van der Waals surface area (Å²) in [4.78, 5) is 14.5. The molecule has 6 heterocycles. The summed E-state index contributed by atoms with van der Waals surface area (Å²) >= 11 is 3.74. The molecule has 17 rings (SSSR count). The number of anilines is 12. The number of hydrogen-bond acceptors (Lipinski definition) is 7. The highest BCUT2D eigenvalue weighted by Crippen LogP contribution is 2.61. The van der Waals surface area contributed by atoms with Gasteiger partial charge in [-0.25, -0.2) is 0 Å². The highest BCUT2D eigenvalue weighted by Gasteiger charge is 2.36. The number of benzene rings is 11. The number of hydrogen-bond donors (Lipinski definition) is 0. The van der Waals surface area contributed by atoms with Gasteiger partial charge >= 0.3 is 0 Å². The summed E-state index contributed by atoms with van der Waals surface area (Å²) < 4.78 is 7.52. The second kappa shape index (κ2) is 16.4. The third-order valence-electron chi connectivity index (χ3n) is 15.9.